The minimum Gasteiger partial charge on any atom is -1.00 e. The van der Waals surface area contributed by atoms with Gasteiger partial charge in [0.05, 0.1) is 0 Å². The Bertz CT molecular complexity index is 1470. The number of hydrogen-bond donors (Lipinski definition) is 0. The Morgan fingerprint density at radius 1 is 0.886 bits per heavy atom. The molecule has 0 saturated heterocycles. The van der Waals surface area contributed by atoms with Gasteiger partial charge in [0, 0.05) is 11.5 Å². The van der Waals surface area contributed by atoms with E-state index in [9.17, 15) is 0 Å². The van der Waals surface area contributed by atoms with Gasteiger partial charge in [0.25, 0.3) is 0 Å². The fourth-order valence-electron chi connectivity index (χ4n) is 4.66. The summed E-state index contributed by atoms with van der Waals surface area (Å²) in [6, 6.07) is 21.7. The van der Waals surface area contributed by atoms with Crippen molar-refractivity contribution in [2.24, 2.45) is 0 Å². The van der Waals surface area contributed by atoms with Crippen LogP contribution < -0.4 is 35.3 Å². The maximum atomic E-state index is 6.19. The quantitative estimate of drug-likeness (QED) is 0.175. The van der Waals surface area contributed by atoms with Crippen LogP contribution in [0.3, 0.4) is 0 Å². The molecular formula is C29H29Cl2O2SiZr. The van der Waals surface area contributed by atoms with Gasteiger partial charge in [-0.25, -0.2) is 0 Å². The summed E-state index contributed by atoms with van der Waals surface area (Å²) >= 11 is 0. The Balaban J connectivity index is 0.00000144. The predicted molar refractivity (Wildman–Crippen MR) is 134 cm³/mol. The molecule has 0 spiro atoms. The molecular weight excluding hydrogens is 571 g/mol. The molecule has 0 heterocycles. The molecule has 2 aliphatic carbocycles. The van der Waals surface area contributed by atoms with Crippen molar-refractivity contribution in [3.8, 4) is 0 Å². The minimum atomic E-state index is -1.64. The topological polar surface area (TPSA) is 18.5 Å². The molecule has 6 heteroatoms. The molecule has 0 N–H and O–H groups in total. The third-order valence-corrected chi connectivity index (χ3v) is 7.14. The number of halogens is 2. The van der Waals surface area contributed by atoms with Crippen LogP contribution in [0.2, 0.25) is 19.6 Å². The third kappa shape index (κ3) is 5.78. The fraction of sp³-hybridized carbons (Fsp3) is 0.241. The Labute approximate surface area is 240 Å². The summed E-state index contributed by atoms with van der Waals surface area (Å²) in [4.78, 5) is 0. The van der Waals surface area contributed by atoms with E-state index in [4.69, 9.17) is 9.16 Å². The molecule has 0 saturated carbocycles. The number of allylic oxidation sites excluding steroid dienone is 1. The molecule has 0 aliphatic heterocycles. The van der Waals surface area contributed by atoms with Gasteiger partial charge in [-0.15, -0.1) is 33.4 Å². The Morgan fingerprint density at radius 2 is 1.57 bits per heavy atom. The minimum absolute atomic E-state index is 0. The second-order valence-electron chi connectivity index (χ2n) is 9.73. The molecule has 5 rings (SSSR count). The Kier molecular flexibility index (Phi) is 10.0. The molecule has 179 valence electrons. The molecule has 0 bridgehead atoms. The SMILES string of the molecule is CC(C)=c1ccc2c(c1C1C=C(OCO[Si](C)(C)C)c3ccccc31)[C-]=c1ccccc1=2.[Cl-].[Cl-].[Zr+3]. The van der Waals surface area contributed by atoms with Crippen molar-refractivity contribution in [2.45, 2.75) is 39.4 Å². The number of hydrogen-bond acceptors (Lipinski definition) is 2. The monoisotopic (exact) mass is 597 g/mol. The number of rotatable bonds is 5. The van der Waals surface area contributed by atoms with E-state index in [0.29, 0.717) is 6.79 Å². The zero-order valence-electron chi connectivity index (χ0n) is 20.7. The molecule has 0 amide bonds. The van der Waals surface area contributed by atoms with Crippen molar-refractivity contribution in [1.29, 1.82) is 0 Å². The van der Waals surface area contributed by atoms with Gasteiger partial charge in [0.1, 0.15) is 5.76 Å². The average Bonchev–Trinajstić information content (AvgIpc) is 3.31. The van der Waals surface area contributed by atoms with Crippen LogP contribution in [0.15, 0.2) is 66.7 Å². The summed E-state index contributed by atoms with van der Waals surface area (Å²) in [6.07, 6.45) is 5.99. The normalized spacial score (nSPS) is 14.7. The van der Waals surface area contributed by atoms with Crippen LogP contribution in [0.25, 0.3) is 17.4 Å². The molecule has 0 aromatic heterocycles. The summed E-state index contributed by atoms with van der Waals surface area (Å²) in [5.74, 6) is 1.03. The van der Waals surface area contributed by atoms with Crippen LogP contribution in [0, 0.1) is 10.4 Å². The van der Waals surface area contributed by atoms with Crippen molar-refractivity contribution >= 4 is 25.7 Å². The summed E-state index contributed by atoms with van der Waals surface area (Å²) in [6.45, 7) is 11.2. The van der Waals surface area contributed by atoms with Crippen molar-refractivity contribution in [1.82, 2.24) is 0 Å². The fourth-order valence-corrected chi connectivity index (χ4v) is 5.07. The standard InChI is InChI=1S/C29H29O2Si.2ClH.Zr/c1-19(2)21-14-15-24-22-11-7-6-10-20(22)16-26(24)29(21)27-17-28(30-18-31-32(3,4)5)25-13-9-8-12-23(25)27;;;/h6-15,17,27H,18H2,1-5H3;2*1H;/q-1;;;+3/p-2. The first-order valence-corrected chi connectivity index (χ1v) is 14.7. The van der Waals surface area contributed by atoms with Gasteiger partial charge >= 0.3 is 26.2 Å². The molecule has 35 heavy (non-hydrogen) atoms. The van der Waals surface area contributed by atoms with Crippen molar-refractivity contribution < 1.29 is 60.2 Å². The van der Waals surface area contributed by atoms with Crippen molar-refractivity contribution in [2.75, 3.05) is 6.79 Å². The van der Waals surface area contributed by atoms with Crippen molar-refractivity contribution in [3.05, 3.63) is 110 Å². The predicted octanol–water partition coefficient (Wildman–Crippen LogP) is -0.499. The van der Waals surface area contributed by atoms with Gasteiger partial charge < -0.3 is 34.0 Å². The molecule has 1 atom stereocenters. The van der Waals surface area contributed by atoms with E-state index < -0.39 is 8.32 Å². The Morgan fingerprint density at radius 3 is 2.29 bits per heavy atom. The molecule has 0 fully saturated rings. The molecule has 2 aliphatic rings. The van der Waals surface area contributed by atoms with Crippen LogP contribution in [0.5, 0.6) is 0 Å². The van der Waals surface area contributed by atoms with Gasteiger partial charge in [-0.05, 0) is 45.1 Å². The van der Waals surface area contributed by atoms with Crippen LogP contribution in [0.1, 0.15) is 42.0 Å². The van der Waals surface area contributed by atoms with E-state index in [1.54, 1.807) is 0 Å². The molecule has 2 nitrogen and oxygen atoms in total. The molecule has 3 aromatic rings. The summed E-state index contributed by atoms with van der Waals surface area (Å²) in [5.41, 5.74) is 6.27. The van der Waals surface area contributed by atoms with E-state index in [1.807, 2.05) is 0 Å². The number of benzene rings is 3. The molecule has 1 unspecified atom stereocenters. The van der Waals surface area contributed by atoms with Crippen LogP contribution in [-0.2, 0) is 35.4 Å². The van der Waals surface area contributed by atoms with Gasteiger partial charge in [0.2, 0.25) is 0 Å². The first-order chi connectivity index (χ1) is 15.3. The smallest absolute Gasteiger partial charge is 1.00 e. The average molecular weight is 600 g/mol. The first-order valence-electron chi connectivity index (χ1n) is 11.3. The third-order valence-electron chi connectivity index (χ3n) is 6.16. The second kappa shape index (κ2) is 11.8. The van der Waals surface area contributed by atoms with E-state index in [1.165, 1.54) is 43.1 Å². The Hall–Kier alpha value is -1.42. The van der Waals surface area contributed by atoms with E-state index >= 15 is 0 Å². The molecule has 3 aromatic carbocycles. The second-order valence-corrected chi connectivity index (χ2v) is 14.2. The largest absolute Gasteiger partial charge is 3.00 e. The van der Waals surface area contributed by atoms with Gasteiger partial charge in [-0.3, -0.25) is 0 Å². The zero-order valence-corrected chi connectivity index (χ0v) is 25.7. The van der Waals surface area contributed by atoms with Gasteiger partial charge in [0.15, 0.2) is 15.1 Å². The van der Waals surface area contributed by atoms with Crippen LogP contribution in [-0.4, -0.2) is 15.1 Å². The van der Waals surface area contributed by atoms with Gasteiger partial charge in [-0.1, -0.05) is 71.0 Å². The summed E-state index contributed by atoms with van der Waals surface area (Å²) in [5, 5.41) is 4.99. The maximum Gasteiger partial charge on any atom is 3.00 e. The van der Waals surface area contributed by atoms with E-state index in [-0.39, 0.29) is 56.9 Å². The number of fused-ring (bicyclic) bond motifs is 3. The van der Waals surface area contributed by atoms with E-state index in [2.05, 4.69) is 106 Å². The number of ether oxygens (including phenoxy) is 1. The molecule has 1 radical (unpaired) electrons. The van der Waals surface area contributed by atoms with Crippen LogP contribution >= 0.6 is 0 Å². The van der Waals surface area contributed by atoms with Crippen molar-refractivity contribution in [3.63, 3.8) is 0 Å². The van der Waals surface area contributed by atoms with E-state index in [0.717, 1.165) is 11.3 Å². The van der Waals surface area contributed by atoms with Crippen LogP contribution in [0.4, 0.5) is 0 Å². The maximum absolute atomic E-state index is 6.19. The van der Waals surface area contributed by atoms with Gasteiger partial charge in [-0.2, -0.15) is 0 Å². The summed E-state index contributed by atoms with van der Waals surface area (Å²) in [7, 11) is -1.64. The summed E-state index contributed by atoms with van der Waals surface area (Å²) < 4.78 is 12.2. The zero-order chi connectivity index (χ0) is 22.5. The first kappa shape index (κ1) is 29.8.